The van der Waals surface area contributed by atoms with Crippen molar-refractivity contribution in [2.75, 3.05) is 13.7 Å². The Bertz CT molecular complexity index is 500. The van der Waals surface area contributed by atoms with Crippen molar-refractivity contribution in [2.24, 2.45) is 11.8 Å². The smallest absolute Gasteiger partial charge is 0.317 e. The van der Waals surface area contributed by atoms with Gasteiger partial charge in [-0.1, -0.05) is 37.3 Å². The highest BCUT2D eigenvalue weighted by Crippen LogP contribution is 2.37. The number of ether oxygens (including phenoxy) is 1. The highest BCUT2D eigenvalue weighted by Gasteiger charge is 2.41. The summed E-state index contributed by atoms with van der Waals surface area (Å²) >= 11 is 0. The number of amides is 1. The van der Waals surface area contributed by atoms with Crippen molar-refractivity contribution < 1.29 is 14.3 Å². The number of benzene rings is 1. The first-order valence-corrected chi connectivity index (χ1v) is 6.90. The lowest BCUT2D eigenvalue weighted by molar-refractivity contribution is -0.146. The van der Waals surface area contributed by atoms with E-state index in [0.29, 0.717) is 5.92 Å². The zero-order valence-corrected chi connectivity index (χ0v) is 12.2. The van der Waals surface area contributed by atoms with Gasteiger partial charge in [-0.3, -0.25) is 9.59 Å². The maximum Gasteiger partial charge on any atom is 0.317 e. The summed E-state index contributed by atoms with van der Waals surface area (Å²) in [4.78, 5) is 24.1. The van der Waals surface area contributed by atoms with E-state index < -0.39 is 5.41 Å². The van der Waals surface area contributed by atoms with E-state index in [4.69, 9.17) is 4.74 Å². The maximum absolute atomic E-state index is 12.1. The maximum atomic E-state index is 12.1. The van der Waals surface area contributed by atoms with Crippen molar-refractivity contribution >= 4 is 11.9 Å². The Morgan fingerprint density at radius 3 is 2.45 bits per heavy atom. The van der Waals surface area contributed by atoms with E-state index in [0.717, 1.165) is 12.0 Å². The summed E-state index contributed by atoms with van der Waals surface area (Å²) in [6.45, 7) is 4.11. The average Bonchev–Trinajstić information content (AvgIpc) is 3.21. The third-order valence-corrected chi connectivity index (χ3v) is 4.11. The topological polar surface area (TPSA) is 55.4 Å². The van der Waals surface area contributed by atoms with Crippen LogP contribution in [0.2, 0.25) is 0 Å². The van der Waals surface area contributed by atoms with Crippen LogP contribution in [0.3, 0.4) is 0 Å². The molecule has 1 aromatic rings. The van der Waals surface area contributed by atoms with Gasteiger partial charge < -0.3 is 10.1 Å². The molecule has 1 N–H and O–H groups in total. The zero-order chi connectivity index (χ0) is 14.8. The van der Waals surface area contributed by atoms with Crippen LogP contribution < -0.4 is 5.32 Å². The number of esters is 1. The van der Waals surface area contributed by atoms with Gasteiger partial charge in [0.25, 0.3) is 0 Å². The molecule has 1 aromatic carbocycles. The Hall–Kier alpha value is -1.84. The first kappa shape index (κ1) is 14.6. The molecule has 0 unspecified atom stereocenters. The van der Waals surface area contributed by atoms with Gasteiger partial charge in [0.2, 0.25) is 5.91 Å². The van der Waals surface area contributed by atoms with Crippen molar-refractivity contribution in [3.05, 3.63) is 35.9 Å². The minimum atomic E-state index is -0.857. The van der Waals surface area contributed by atoms with Crippen molar-refractivity contribution in [3.8, 4) is 0 Å². The van der Waals surface area contributed by atoms with Gasteiger partial charge in [-0.15, -0.1) is 0 Å². The number of carbonyl (C=O) groups excluding carboxylic acids is 2. The van der Waals surface area contributed by atoms with Gasteiger partial charge >= 0.3 is 5.97 Å². The molecule has 108 valence electrons. The second kappa shape index (κ2) is 5.65. The predicted molar refractivity (Wildman–Crippen MR) is 76.1 cm³/mol. The van der Waals surface area contributed by atoms with Gasteiger partial charge in [-0.25, -0.2) is 0 Å². The molecule has 0 spiro atoms. The van der Waals surface area contributed by atoms with Gasteiger partial charge in [0, 0.05) is 12.5 Å². The van der Waals surface area contributed by atoms with E-state index in [2.05, 4.69) is 12.2 Å². The molecule has 1 fully saturated rings. The number of methoxy groups -OCH3 is 1. The minimum absolute atomic E-state index is 0.0311. The van der Waals surface area contributed by atoms with Crippen LogP contribution >= 0.6 is 0 Å². The Labute approximate surface area is 119 Å². The third kappa shape index (κ3) is 2.84. The molecular weight excluding hydrogens is 254 g/mol. The van der Waals surface area contributed by atoms with Crippen molar-refractivity contribution in [1.82, 2.24) is 5.32 Å². The van der Waals surface area contributed by atoms with E-state index >= 15 is 0 Å². The molecular formula is C16H21NO3. The molecule has 3 atom stereocenters. The fourth-order valence-electron chi connectivity index (χ4n) is 2.41. The second-order valence-corrected chi connectivity index (χ2v) is 5.73. The fraction of sp³-hybridized carbons (Fsp3) is 0.500. The lowest BCUT2D eigenvalue weighted by Crippen LogP contribution is -2.45. The van der Waals surface area contributed by atoms with E-state index in [-0.39, 0.29) is 24.3 Å². The Kier molecular flexibility index (Phi) is 4.12. The normalized spacial score (nSPS) is 23.6. The van der Waals surface area contributed by atoms with Crippen molar-refractivity contribution in [2.45, 2.75) is 25.7 Å². The number of hydrogen-bond acceptors (Lipinski definition) is 3. The van der Waals surface area contributed by atoms with Gasteiger partial charge in [-0.2, -0.15) is 0 Å². The summed E-state index contributed by atoms with van der Waals surface area (Å²) in [7, 11) is 1.37. The molecule has 1 saturated carbocycles. The molecule has 1 aliphatic rings. The summed E-state index contributed by atoms with van der Waals surface area (Å²) in [6, 6.07) is 9.40. The number of nitrogens with one attached hydrogen (secondary N) is 1. The van der Waals surface area contributed by atoms with Gasteiger partial charge in [0.1, 0.15) is 5.41 Å². The molecule has 0 aliphatic heterocycles. The summed E-state index contributed by atoms with van der Waals surface area (Å²) in [6.07, 6.45) is 0.937. The first-order valence-electron chi connectivity index (χ1n) is 6.90. The van der Waals surface area contributed by atoms with Crippen LogP contribution in [0.4, 0.5) is 0 Å². The van der Waals surface area contributed by atoms with Crippen LogP contribution in [0.25, 0.3) is 0 Å². The Morgan fingerprint density at radius 2 is 1.95 bits per heavy atom. The van der Waals surface area contributed by atoms with Gasteiger partial charge in [0.15, 0.2) is 0 Å². The molecule has 2 rings (SSSR count). The molecule has 1 aliphatic carbocycles. The lowest BCUT2D eigenvalue weighted by atomic mass is 9.82. The van der Waals surface area contributed by atoms with Crippen LogP contribution in [0.5, 0.6) is 0 Å². The number of rotatable bonds is 5. The highest BCUT2D eigenvalue weighted by atomic mass is 16.5. The lowest BCUT2D eigenvalue weighted by Gasteiger charge is -2.27. The Balaban J connectivity index is 2.11. The van der Waals surface area contributed by atoms with Crippen LogP contribution in [-0.4, -0.2) is 25.5 Å². The first-order chi connectivity index (χ1) is 9.49. The molecule has 4 heteroatoms. The second-order valence-electron chi connectivity index (χ2n) is 5.73. The number of hydrogen-bond donors (Lipinski definition) is 1. The molecule has 0 heterocycles. The fourth-order valence-corrected chi connectivity index (χ4v) is 2.41. The molecule has 0 saturated heterocycles. The standard InChI is InChI=1S/C16H21NO3/c1-11-9-13(11)14(18)17-10-16(2,15(19)20-3)12-7-5-4-6-8-12/h4-8,11,13H,9-10H2,1-3H3,(H,17,18)/t11-,13+,16+/m0/s1. The Morgan fingerprint density at radius 1 is 1.35 bits per heavy atom. The quantitative estimate of drug-likeness (QED) is 0.835. The van der Waals surface area contributed by atoms with E-state index in [1.54, 1.807) is 6.92 Å². The van der Waals surface area contributed by atoms with Crippen LogP contribution in [-0.2, 0) is 19.7 Å². The summed E-state index contributed by atoms with van der Waals surface area (Å²) in [5.74, 6) is 0.250. The van der Waals surface area contributed by atoms with Crippen molar-refractivity contribution in [3.63, 3.8) is 0 Å². The van der Waals surface area contributed by atoms with Gasteiger partial charge in [-0.05, 0) is 24.8 Å². The van der Waals surface area contributed by atoms with E-state index in [1.807, 2.05) is 30.3 Å². The highest BCUT2D eigenvalue weighted by molar-refractivity contribution is 5.86. The number of carbonyl (C=O) groups is 2. The van der Waals surface area contributed by atoms with Crippen LogP contribution in [0.1, 0.15) is 25.8 Å². The SMILES string of the molecule is COC(=O)[C@](C)(CNC(=O)[C@@H]1C[C@@H]1C)c1ccccc1. The molecule has 4 nitrogen and oxygen atoms in total. The van der Waals surface area contributed by atoms with Gasteiger partial charge in [0.05, 0.1) is 7.11 Å². The van der Waals surface area contributed by atoms with Crippen LogP contribution in [0.15, 0.2) is 30.3 Å². The van der Waals surface area contributed by atoms with E-state index in [9.17, 15) is 9.59 Å². The monoisotopic (exact) mass is 275 g/mol. The molecule has 0 radical (unpaired) electrons. The zero-order valence-electron chi connectivity index (χ0n) is 12.2. The predicted octanol–water partition coefficient (Wildman–Crippen LogP) is 1.89. The summed E-state index contributed by atoms with van der Waals surface area (Å²) < 4.78 is 4.91. The largest absolute Gasteiger partial charge is 0.468 e. The summed E-state index contributed by atoms with van der Waals surface area (Å²) in [5.41, 5.74) is -0.0138. The molecule has 0 bridgehead atoms. The minimum Gasteiger partial charge on any atom is -0.468 e. The van der Waals surface area contributed by atoms with Crippen molar-refractivity contribution in [1.29, 1.82) is 0 Å². The molecule has 1 amide bonds. The van der Waals surface area contributed by atoms with Crippen LogP contribution in [0, 0.1) is 11.8 Å². The molecule has 0 aromatic heterocycles. The third-order valence-electron chi connectivity index (χ3n) is 4.11. The summed E-state index contributed by atoms with van der Waals surface area (Å²) in [5, 5.41) is 2.89. The average molecular weight is 275 g/mol. The van der Waals surface area contributed by atoms with E-state index in [1.165, 1.54) is 7.11 Å². The molecule has 20 heavy (non-hydrogen) atoms.